The molecule has 1 atom stereocenters. The van der Waals surface area contributed by atoms with Gasteiger partial charge in [-0.25, -0.2) is 0 Å². The molecule has 0 aliphatic carbocycles. The lowest BCUT2D eigenvalue weighted by Gasteiger charge is -2.34. The second-order valence-corrected chi connectivity index (χ2v) is 31.3. The van der Waals surface area contributed by atoms with Gasteiger partial charge in [0.25, 0.3) is 0 Å². The summed E-state index contributed by atoms with van der Waals surface area (Å²) in [7, 11) is -11.9. The molecule has 16 aromatic carbocycles. The molecular weight excluding hydrogens is 1420 g/mol. The molecule has 12 heteroatoms. The highest BCUT2D eigenvalue weighted by atomic mass is 28.3. The number of benzene rings is 16. The van der Waals surface area contributed by atoms with Crippen molar-refractivity contribution in [3.8, 4) is 46.6 Å². The van der Waals surface area contributed by atoms with E-state index >= 15 is 0 Å². The van der Waals surface area contributed by atoms with Gasteiger partial charge in [-0.3, -0.25) is 18.3 Å². The Morgan fingerprint density at radius 3 is 0.693 bits per heavy atom. The van der Waals surface area contributed by atoms with Gasteiger partial charge in [0.15, 0.2) is 27.8 Å². The van der Waals surface area contributed by atoms with E-state index in [1.807, 2.05) is 0 Å². The SMILES string of the molecule is [2H]c1cc([Si](c2c([2H])c([2H])c([2H])c([2H])c2[2H])(c2c([2H])c([2H])c([2H])c([2H])c2[2H])c2c([2H])c([2H])c([2H])c(-c3nc(-n4c5c([2H])c([2H])c([2H])c([2H])c5c5c([2H])c([2H])c([2H])c([2H])c54)nc(-n4c5c([2H])c([2H])c([2H])c([2H])c5c5c([2H])c([2H])c([2H])c([2H])c54)n3)c2[2H])c([2H])c([2H])c1[2H].[2H]c1cc([Si](c2ccccc2)(c2c([2H])c([2H])c([2H])c([2H])c2[2H])c2c([2H])c([2H])c([2H])c(-c3nc(-n4c5c([2H])c([2H])c([2H])c([2H])c5c5c([2H])c([2H])c([2H])c([2H])c54)nc(-n4c5c([2H])c([2H])c([2H])c([2H])c5c5c([2H])c([2H])c([2H])c([2H])c54)n3)c2[2H])c([2H])c([2H])c1[2H]. The van der Waals surface area contributed by atoms with Crippen LogP contribution in [0, 0.1) is 0 Å². The predicted molar refractivity (Wildman–Crippen MR) is 475 cm³/mol. The fourth-order valence-electron chi connectivity index (χ4n) is 13.7. The Labute approximate surface area is 748 Å². The van der Waals surface area contributed by atoms with Gasteiger partial charge in [-0.15, -0.1) is 0 Å². The molecule has 0 saturated carbocycles. The normalized spacial score (nSPS) is 20.0. The molecule has 0 aliphatic rings. The first-order chi connectivity index (χ1) is 82.7. The van der Waals surface area contributed by atoms with Crippen molar-refractivity contribution in [3.63, 3.8) is 0 Å². The molecule has 6 aromatic heterocycles. The van der Waals surface area contributed by atoms with Crippen LogP contribution in [0.25, 0.3) is 134 Å². The van der Waals surface area contributed by atoms with E-state index in [0.717, 1.165) is 15.2 Å². The average molecular weight is 1560 g/mol. The first-order valence-corrected chi connectivity index (χ1v) is 37.4. The van der Waals surface area contributed by atoms with Crippen molar-refractivity contribution in [2.45, 2.75) is 0 Å². The van der Waals surface area contributed by atoms with Crippen molar-refractivity contribution < 1.29 is 86.4 Å². The van der Waals surface area contributed by atoms with Crippen LogP contribution < -0.4 is 41.5 Å². The fraction of sp³-hybridized carbons (Fsp3) is 0. The summed E-state index contributed by atoms with van der Waals surface area (Å²) in [6.45, 7) is 0. The van der Waals surface area contributed by atoms with E-state index < -0.39 is 567 Å². The molecule has 0 aliphatic heterocycles. The lowest BCUT2D eigenvalue weighted by atomic mass is 10.2. The third-order valence-electron chi connectivity index (χ3n) is 18.3. The number of hydrogen-bond donors (Lipinski definition) is 0. The van der Waals surface area contributed by atoms with Crippen molar-refractivity contribution in [1.82, 2.24) is 48.2 Å². The average Bonchev–Trinajstić information content (AvgIpc) is 1.12. The van der Waals surface area contributed by atoms with Gasteiger partial charge in [-0.1, -0.05) is 375 Å². The summed E-state index contributed by atoms with van der Waals surface area (Å²) in [6.07, 6.45) is 0. The summed E-state index contributed by atoms with van der Waals surface area (Å²) < 4.78 is 579. The second-order valence-electron chi connectivity index (χ2n) is 24.2. The topological polar surface area (TPSA) is 97.1 Å². The molecule has 114 heavy (non-hydrogen) atoms. The van der Waals surface area contributed by atoms with Crippen LogP contribution >= 0.6 is 0 Å². The lowest BCUT2D eigenvalue weighted by molar-refractivity contribution is 0.892. The molecule has 536 valence electrons. The molecule has 0 saturated heterocycles. The highest BCUT2D eigenvalue weighted by Crippen LogP contribution is 2.38. The second kappa shape index (κ2) is 28.2. The highest BCUT2D eigenvalue weighted by molar-refractivity contribution is 7.20. The van der Waals surface area contributed by atoms with Crippen LogP contribution in [-0.2, 0) is 0 Å². The van der Waals surface area contributed by atoms with Gasteiger partial charge in [0.05, 0.1) is 130 Å². The van der Waals surface area contributed by atoms with Crippen molar-refractivity contribution in [2.24, 2.45) is 0 Å². The van der Waals surface area contributed by atoms with Crippen molar-refractivity contribution in [2.75, 3.05) is 0 Å². The fourth-order valence-corrected chi connectivity index (χ4v) is 21.3. The number of aromatic nitrogens is 10. The molecule has 1 unspecified atom stereocenters. The van der Waals surface area contributed by atoms with Gasteiger partial charge in [0.2, 0.25) is 23.8 Å². The zero-order chi connectivity index (χ0) is 130. The zero-order valence-electron chi connectivity index (χ0n) is 120. The number of fused-ring (bicyclic) bond motifs is 12. The Kier molecular flexibility index (Phi) is 7.14. The summed E-state index contributed by atoms with van der Waals surface area (Å²) >= 11 is 0. The van der Waals surface area contributed by atoms with E-state index in [-0.39, 0.29) is 5.19 Å². The number of nitrogens with zero attached hydrogens (tertiary/aromatic N) is 10. The molecule has 0 spiro atoms. The van der Waals surface area contributed by atoms with E-state index in [4.69, 9.17) is 53.5 Å². The van der Waals surface area contributed by atoms with Crippen LogP contribution in [0.5, 0.6) is 0 Å². The summed E-state index contributed by atoms with van der Waals surface area (Å²) in [4.78, 5) is 27.6. The summed E-state index contributed by atoms with van der Waals surface area (Å²) in [5, 5.41) is -11.0. The van der Waals surface area contributed by atoms with E-state index in [9.17, 15) is 32.9 Å². The van der Waals surface area contributed by atoms with Crippen LogP contribution in [0.15, 0.2) is 423 Å². The van der Waals surface area contributed by atoms with E-state index in [2.05, 4.69) is 29.9 Å². The van der Waals surface area contributed by atoms with Crippen LogP contribution in [0.3, 0.4) is 0 Å². The monoisotopic (exact) mass is 1550 g/mol. The lowest BCUT2D eigenvalue weighted by Crippen LogP contribution is -2.74. The molecule has 0 bridgehead atoms. The summed E-state index contributed by atoms with van der Waals surface area (Å²) in [5.74, 6) is -6.26. The molecule has 22 rings (SSSR count). The van der Waals surface area contributed by atoms with Gasteiger partial charge < -0.3 is 0 Å². The number of hydrogen-bond acceptors (Lipinski definition) is 6. The number of para-hydroxylation sites is 8. The molecule has 0 fully saturated rings. The molecule has 10 nitrogen and oxygen atoms in total. The van der Waals surface area contributed by atoms with Gasteiger partial charge >= 0.3 is 0 Å². The van der Waals surface area contributed by atoms with Crippen LogP contribution in [0.4, 0.5) is 0 Å². The first-order valence-electron chi connectivity index (χ1n) is 64.9. The van der Waals surface area contributed by atoms with Gasteiger partial charge in [0, 0.05) is 54.2 Å². The van der Waals surface area contributed by atoms with Crippen molar-refractivity contribution in [3.05, 3.63) is 423 Å². The third-order valence-corrected chi connectivity index (χ3v) is 26.7. The molecule has 22 aromatic rings. The molecule has 0 radical (unpaired) electrons. The van der Waals surface area contributed by atoms with Crippen LogP contribution in [0.2, 0.25) is 0 Å². The van der Waals surface area contributed by atoms with Gasteiger partial charge in [-0.05, 0) is 89.8 Å². The quantitative estimate of drug-likeness (QED) is 0.0795. The van der Waals surface area contributed by atoms with Gasteiger partial charge in [-0.2, -0.15) is 29.9 Å². The maximum Gasteiger partial charge on any atom is 0.240 e. The maximum atomic E-state index is 10.5. The summed E-state index contributed by atoms with van der Waals surface area (Å²) in [5.41, 5.74) is -7.59. The largest absolute Gasteiger partial charge is 0.278 e. The molecule has 6 heterocycles. The molecule has 0 N–H and O–H groups in total. The smallest absolute Gasteiger partial charge is 0.240 e. The summed E-state index contributed by atoms with van der Waals surface area (Å²) in [6, 6.07) is -55.1. The van der Waals surface area contributed by atoms with E-state index in [1.54, 1.807) is 0 Å². The third kappa shape index (κ3) is 11.1. The molecule has 0 amide bonds. The Bertz CT molecular complexity index is 10600. The van der Waals surface area contributed by atoms with Crippen LogP contribution in [-0.4, -0.2) is 64.3 Å². The Balaban J connectivity index is 0.000000200. The predicted octanol–water partition coefficient (Wildman–Crippen LogP) is 18.2. The minimum absolute atomic E-state index is 0.104. The number of rotatable bonds is 14. The standard InChI is InChI=1S/2C51H35N5Si/c2*1-4-20-37(21-5-1)57(38-22-6-2-7-23-38,39-24-8-3-9-25-39)40-26-18-19-36(35-40)49-52-50(55-45-31-14-10-27-41(45)42-28-11-15-32-46(42)55)54-51(53-49)56-47-33-16-12-29-43(47)44-30-13-17-34-48(44)56/h2*1-35H/i1D,2D,3D,4D,5D,6D,7D,8D,9D,10D,11D,12D,13D,14D,15D,16D,17D,18D,19D,20D,21D,22D,23D,24D,26D,27D,28D,29D,30D,31D,32D,33D,34D,35D;1D,2D,4D,5D,6D,7D,10D,11D,12D,13D,14D,15D,16D,17D,18D,19D,20D,21D,22D,26D,27D,28D,29D,30D,31D,32D,33D,34D,35D. The molecular formula is C102H70N10Si2. The van der Waals surface area contributed by atoms with Gasteiger partial charge in [0.1, 0.15) is 0 Å². The zero-order valence-corrected chi connectivity index (χ0v) is 59.0. The highest BCUT2D eigenvalue weighted by Gasteiger charge is 2.43. The minimum atomic E-state index is -6.37. The Morgan fingerprint density at radius 2 is 0.412 bits per heavy atom. The Morgan fingerprint density at radius 1 is 0.184 bits per heavy atom. The van der Waals surface area contributed by atoms with E-state index in [0.29, 0.717) is 15.2 Å². The van der Waals surface area contributed by atoms with Crippen molar-refractivity contribution >= 4 is 145 Å². The maximum absolute atomic E-state index is 10.5. The van der Waals surface area contributed by atoms with Crippen molar-refractivity contribution in [1.29, 1.82) is 0 Å². The first kappa shape index (κ1) is 28.8. The Hall–Kier alpha value is -14.8. The van der Waals surface area contributed by atoms with E-state index in [1.165, 1.54) is 30.3 Å². The van der Waals surface area contributed by atoms with Crippen LogP contribution in [0.1, 0.15) is 86.4 Å². The minimum Gasteiger partial charge on any atom is -0.278 e.